The SMILES string of the molecule is COc1ccc2c(c1)C(N(C)C1CCC(N)CC1)CC2. The van der Waals surface area contributed by atoms with Gasteiger partial charge in [0.25, 0.3) is 0 Å². The zero-order valence-electron chi connectivity index (χ0n) is 12.6. The largest absolute Gasteiger partial charge is 0.497 e. The zero-order valence-corrected chi connectivity index (χ0v) is 12.6. The van der Waals surface area contributed by atoms with Crippen LogP contribution in [-0.4, -0.2) is 31.1 Å². The molecule has 110 valence electrons. The second-order valence-corrected chi connectivity index (χ2v) is 6.35. The number of methoxy groups -OCH3 is 1. The Bertz CT molecular complexity index is 466. The summed E-state index contributed by atoms with van der Waals surface area (Å²) in [7, 11) is 4.04. The average Bonchev–Trinajstić information content (AvgIpc) is 2.90. The Balaban J connectivity index is 1.76. The molecule has 2 aliphatic carbocycles. The molecule has 0 aliphatic heterocycles. The number of hydrogen-bond acceptors (Lipinski definition) is 3. The van der Waals surface area contributed by atoms with Gasteiger partial charge < -0.3 is 10.5 Å². The lowest BCUT2D eigenvalue weighted by molar-refractivity contribution is 0.131. The van der Waals surface area contributed by atoms with Crippen LogP contribution in [-0.2, 0) is 6.42 Å². The van der Waals surface area contributed by atoms with E-state index in [1.807, 2.05) is 0 Å². The van der Waals surface area contributed by atoms with E-state index < -0.39 is 0 Å². The van der Waals surface area contributed by atoms with E-state index >= 15 is 0 Å². The average molecular weight is 274 g/mol. The van der Waals surface area contributed by atoms with Crippen molar-refractivity contribution < 1.29 is 4.74 Å². The minimum Gasteiger partial charge on any atom is -0.497 e. The molecule has 3 rings (SSSR count). The molecule has 3 heteroatoms. The molecular formula is C17H26N2O. The van der Waals surface area contributed by atoms with Crippen molar-refractivity contribution in [1.82, 2.24) is 4.90 Å². The number of fused-ring (bicyclic) bond motifs is 1. The summed E-state index contributed by atoms with van der Waals surface area (Å²) in [6.07, 6.45) is 7.27. The van der Waals surface area contributed by atoms with Crippen molar-refractivity contribution in [2.45, 2.75) is 56.7 Å². The van der Waals surface area contributed by atoms with Gasteiger partial charge in [-0.15, -0.1) is 0 Å². The molecule has 2 N–H and O–H groups in total. The van der Waals surface area contributed by atoms with E-state index in [4.69, 9.17) is 10.5 Å². The van der Waals surface area contributed by atoms with E-state index in [9.17, 15) is 0 Å². The highest BCUT2D eigenvalue weighted by Gasteiger charge is 2.31. The molecule has 0 heterocycles. The lowest BCUT2D eigenvalue weighted by Gasteiger charge is -2.37. The first-order valence-corrected chi connectivity index (χ1v) is 7.83. The van der Waals surface area contributed by atoms with Gasteiger partial charge in [-0.3, -0.25) is 4.90 Å². The Morgan fingerprint density at radius 3 is 2.60 bits per heavy atom. The number of hydrogen-bond donors (Lipinski definition) is 1. The molecule has 0 spiro atoms. The van der Waals surface area contributed by atoms with Crippen LogP contribution in [0.2, 0.25) is 0 Å². The highest BCUT2D eigenvalue weighted by atomic mass is 16.5. The fraction of sp³-hybridized carbons (Fsp3) is 0.647. The van der Waals surface area contributed by atoms with Gasteiger partial charge in [0.15, 0.2) is 0 Å². The Morgan fingerprint density at radius 1 is 1.15 bits per heavy atom. The number of nitrogens with two attached hydrogens (primary N) is 1. The Kier molecular flexibility index (Phi) is 3.99. The molecule has 3 nitrogen and oxygen atoms in total. The summed E-state index contributed by atoms with van der Waals surface area (Å²) in [6.45, 7) is 0. The lowest BCUT2D eigenvalue weighted by Crippen LogP contribution is -2.40. The van der Waals surface area contributed by atoms with Crippen LogP contribution >= 0.6 is 0 Å². The third-order valence-corrected chi connectivity index (χ3v) is 5.21. The first kappa shape index (κ1) is 13.9. The summed E-state index contributed by atoms with van der Waals surface area (Å²) in [5.41, 5.74) is 9.00. The van der Waals surface area contributed by atoms with Crippen molar-refractivity contribution >= 4 is 0 Å². The van der Waals surface area contributed by atoms with Crippen LogP contribution in [0.25, 0.3) is 0 Å². The third-order valence-electron chi connectivity index (χ3n) is 5.21. The Morgan fingerprint density at radius 2 is 1.90 bits per heavy atom. The minimum absolute atomic E-state index is 0.426. The van der Waals surface area contributed by atoms with E-state index in [1.54, 1.807) is 7.11 Å². The maximum atomic E-state index is 6.03. The predicted octanol–water partition coefficient (Wildman–Crippen LogP) is 2.88. The molecule has 1 fully saturated rings. The van der Waals surface area contributed by atoms with Crippen LogP contribution in [0, 0.1) is 0 Å². The quantitative estimate of drug-likeness (QED) is 0.921. The van der Waals surface area contributed by atoms with Crippen molar-refractivity contribution in [3.63, 3.8) is 0 Å². The number of ether oxygens (including phenoxy) is 1. The molecule has 0 aromatic heterocycles. The van der Waals surface area contributed by atoms with E-state index in [-0.39, 0.29) is 0 Å². The molecule has 1 aromatic carbocycles. The van der Waals surface area contributed by atoms with Gasteiger partial charge in [-0.2, -0.15) is 0 Å². The summed E-state index contributed by atoms with van der Waals surface area (Å²) >= 11 is 0. The van der Waals surface area contributed by atoms with Gasteiger partial charge >= 0.3 is 0 Å². The number of nitrogens with zero attached hydrogens (tertiary/aromatic N) is 1. The summed E-state index contributed by atoms with van der Waals surface area (Å²) in [4.78, 5) is 2.59. The second kappa shape index (κ2) is 5.74. The monoisotopic (exact) mass is 274 g/mol. The maximum absolute atomic E-state index is 6.03. The molecule has 0 radical (unpaired) electrons. The van der Waals surface area contributed by atoms with Gasteiger partial charge in [-0.25, -0.2) is 0 Å². The van der Waals surface area contributed by atoms with Crippen molar-refractivity contribution in [3.05, 3.63) is 29.3 Å². The highest BCUT2D eigenvalue weighted by Crippen LogP contribution is 2.39. The standard InChI is InChI=1S/C17H26N2O/c1-19(14-7-5-13(18)6-8-14)17-10-4-12-3-9-15(20-2)11-16(12)17/h3,9,11,13-14,17H,4-8,10,18H2,1-2H3. The predicted molar refractivity (Wildman–Crippen MR) is 82.1 cm³/mol. The summed E-state index contributed by atoms with van der Waals surface area (Å²) < 4.78 is 5.39. The van der Waals surface area contributed by atoms with Gasteiger partial charge in [0.1, 0.15) is 5.75 Å². The second-order valence-electron chi connectivity index (χ2n) is 6.35. The molecule has 0 saturated heterocycles. The van der Waals surface area contributed by atoms with Gasteiger partial charge in [0.05, 0.1) is 7.11 Å². The Labute approximate surface area is 122 Å². The molecule has 20 heavy (non-hydrogen) atoms. The van der Waals surface area contributed by atoms with E-state index in [0.717, 1.165) is 5.75 Å². The molecule has 0 amide bonds. The molecule has 1 unspecified atom stereocenters. The van der Waals surface area contributed by atoms with Crippen LogP contribution in [0.15, 0.2) is 18.2 Å². The normalized spacial score (nSPS) is 29.5. The fourth-order valence-electron chi connectivity index (χ4n) is 3.87. The van der Waals surface area contributed by atoms with Gasteiger partial charge in [0.2, 0.25) is 0 Å². The smallest absolute Gasteiger partial charge is 0.119 e. The van der Waals surface area contributed by atoms with Crippen LogP contribution in [0.3, 0.4) is 0 Å². The molecule has 0 bridgehead atoms. The van der Waals surface area contributed by atoms with E-state index in [2.05, 4.69) is 30.1 Å². The van der Waals surface area contributed by atoms with Gasteiger partial charge in [-0.1, -0.05) is 6.07 Å². The number of rotatable bonds is 3. The minimum atomic E-state index is 0.426. The molecular weight excluding hydrogens is 248 g/mol. The summed E-state index contributed by atoms with van der Waals surface area (Å²) in [6, 6.07) is 8.23. The van der Waals surface area contributed by atoms with Crippen LogP contribution in [0.1, 0.15) is 49.3 Å². The van der Waals surface area contributed by atoms with Crippen LogP contribution in [0.5, 0.6) is 5.75 Å². The van der Waals surface area contributed by atoms with Crippen molar-refractivity contribution in [3.8, 4) is 5.75 Å². The van der Waals surface area contributed by atoms with Gasteiger partial charge in [0, 0.05) is 18.1 Å². The van der Waals surface area contributed by atoms with E-state index in [0.29, 0.717) is 18.1 Å². The topological polar surface area (TPSA) is 38.5 Å². The number of benzene rings is 1. The number of aryl methyl sites for hydroxylation is 1. The van der Waals surface area contributed by atoms with Crippen molar-refractivity contribution in [2.24, 2.45) is 5.73 Å². The summed E-state index contributed by atoms with van der Waals surface area (Å²) in [5.74, 6) is 0.981. The lowest BCUT2D eigenvalue weighted by atomic mass is 9.89. The van der Waals surface area contributed by atoms with Crippen molar-refractivity contribution in [1.29, 1.82) is 0 Å². The van der Waals surface area contributed by atoms with E-state index in [1.165, 1.54) is 49.7 Å². The van der Waals surface area contributed by atoms with Crippen molar-refractivity contribution in [2.75, 3.05) is 14.2 Å². The molecule has 1 saturated carbocycles. The van der Waals surface area contributed by atoms with Crippen LogP contribution in [0.4, 0.5) is 0 Å². The first-order valence-electron chi connectivity index (χ1n) is 7.83. The molecule has 1 aromatic rings. The fourth-order valence-corrected chi connectivity index (χ4v) is 3.87. The first-order chi connectivity index (χ1) is 9.69. The molecule has 1 atom stereocenters. The molecule has 2 aliphatic rings. The third kappa shape index (κ3) is 2.57. The summed E-state index contributed by atoms with van der Waals surface area (Å²) in [5, 5.41) is 0. The van der Waals surface area contributed by atoms with Gasteiger partial charge in [-0.05, 0) is 68.8 Å². The Hall–Kier alpha value is -1.06. The van der Waals surface area contributed by atoms with Crippen LogP contribution < -0.4 is 10.5 Å². The zero-order chi connectivity index (χ0) is 14.1. The highest BCUT2D eigenvalue weighted by molar-refractivity contribution is 5.40. The maximum Gasteiger partial charge on any atom is 0.119 e.